The average Bonchev–Trinajstić information content (AvgIpc) is 3.48. The van der Waals surface area contributed by atoms with Crippen molar-refractivity contribution >= 4 is 46.5 Å². The molecule has 0 bridgehead atoms. The number of nitrogens with one attached hydrogen (secondary N) is 3. The van der Waals surface area contributed by atoms with E-state index < -0.39 is 6.09 Å². The highest BCUT2D eigenvalue weighted by Gasteiger charge is 2.40. The van der Waals surface area contributed by atoms with E-state index in [1.807, 2.05) is 0 Å². The zero-order chi connectivity index (χ0) is 27.3. The highest BCUT2D eigenvalue weighted by Crippen LogP contribution is 2.39. The summed E-state index contributed by atoms with van der Waals surface area (Å²) in [5.74, 6) is 0.961. The second-order valence-corrected chi connectivity index (χ2v) is 10.7. The third-order valence-corrected chi connectivity index (χ3v) is 7.89. The monoisotopic (exact) mass is 547 g/mol. The Kier molecular flexibility index (Phi) is 6.25. The second-order valence-electron chi connectivity index (χ2n) is 10.3. The molecule has 3 aliphatic rings. The van der Waals surface area contributed by atoms with E-state index in [0.29, 0.717) is 53.4 Å². The lowest BCUT2D eigenvalue weighted by Crippen LogP contribution is -2.59. The van der Waals surface area contributed by atoms with Crippen molar-refractivity contribution in [2.45, 2.75) is 37.9 Å². The van der Waals surface area contributed by atoms with Gasteiger partial charge in [0.2, 0.25) is 5.95 Å². The van der Waals surface area contributed by atoms with Crippen LogP contribution < -0.4 is 20.9 Å². The SMILES string of the molecule is C[C@@H]1CN(C2CN(c3cc(C#N)cc(Nc4nc(NC5CC5)c5ncc(C#N)n5n4)c3Cl)C2)C[C@H]1NC(=O)O. The number of amides is 1. The van der Waals surface area contributed by atoms with Crippen molar-refractivity contribution in [3.8, 4) is 12.1 Å². The number of nitriles is 2. The molecule has 0 unspecified atom stereocenters. The van der Waals surface area contributed by atoms with Gasteiger partial charge in [-0.05, 0) is 30.9 Å². The fraction of sp³-hybridized carbons (Fsp3) is 0.440. The number of halogens is 1. The van der Waals surface area contributed by atoms with E-state index in [-0.39, 0.29) is 29.6 Å². The fourth-order valence-electron chi connectivity index (χ4n) is 5.18. The number of aromatic nitrogens is 4. The standard InChI is InChI=1S/C25H26ClN11O2/c1-13-9-35(12-19(13)32-25(38)39)17-10-36(11-17)20-5-14(6-27)4-18(21(20)26)31-24-33-22(30-15-2-3-15)23-29-8-16(7-28)37(23)34-24/h4-5,8,13,15,17,19,32H,2-3,9-12H2,1H3,(H,38,39)(H2,30,31,33,34)/t13-,19-/m1/s1. The smallest absolute Gasteiger partial charge is 0.404 e. The van der Waals surface area contributed by atoms with Crippen LogP contribution in [0.25, 0.3) is 5.65 Å². The van der Waals surface area contributed by atoms with E-state index in [9.17, 15) is 15.3 Å². The maximum absolute atomic E-state index is 11.1. The van der Waals surface area contributed by atoms with Crippen molar-refractivity contribution < 1.29 is 9.90 Å². The minimum absolute atomic E-state index is 0.0912. The lowest BCUT2D eigenvalue weighted by molar-refractivity contribution is 0.182. The maximum Gasteiger partial charge on any atom is 0.404 e. The summed E-state index contributed by atoms with van der Waals surface area (Å²) >= 11 is 6.85. The van der Waals surface area contributed by atoms with Gasteiger partial charge in [-0.1, -0.05) is 18.5 Å². The Morgan fingerprint density at radius 3 is 2.67 bits per heavy atom. The van der Waals surface area contributed by atoms with E-state index in [4.69, 9.17) is 16.7 Å². The number of nitrogens with zero attached hydrogens (tertiary/aromatic N) is 8. The number of anilines is 4. The molecule has 2 saturated heterocycles. The second kappa shape index (κ2) is 9.76. The highest BCUT2D eigenvalue weighted by molar-refractivity contribution is 6.36. The van der Waals surface area contributed by atoms with E-state index >= 15 is 0 Å². The third-order valence-electron chi connectivity index (χ3n) is 7.49. The molecule has 1 aromatic carbocycles. The molecule has 3 fully saturated rings. The predicted molar refractivity (Wildman–Crippen MR) is 143 cm³/mol. The van der Waals surface area contributed by atoms with Crippen LogP contribution in [0.15, 0.2) is 18.3 Å². The minimum atomic E-state index is -1.00. The van der Waals surface area contributed by atoms with Gasteiger partial charge in [-0.3, -0.25) is 4.90 Å². The Morgan fingerprint density at radius 2 is 1.97 bits per heavy atom. The first-order chi connectivity index (χ1) is 18.8. The molecule has 3 aromatic rings. The number of hydrogen-bond donors (Lipinski definition) is 4. The van der Waals surface area contributed by atoms with Gasteiger partial charge in [0.05, 0.1) is 34.2 Å². The summed E-state index contributed by atoms with van der Waals surface area (Å²) in [6.45, 7) is 4.95. The van der Waals surface area contributed by atoms with Crippen LogP contribution in [0.1, 0.15) is 31.0 Å². The Labute approximate surface area is 229 Å². The largest absolute Gasteiger partial charge is 0.465 e. The normalized spacial score (nSPS) is 21.3. The van der Waals surface area contributed by atoms with Crippen molar-refractivity contribution in [1.82, 2.24) is 29.8 Å². The van der Waals surface area contributed by atoms with Crippen molar-refractivity contribution in [1.29, 1.82) is 10.5 Å². The van der Waals surface area contributed by atoms with Crippen molar-refractivity contribution in [2.24, 2.45) is 5.92 Å². The van der Waals surface area contributed by atoms with E-state index in [1.165, 1.54) is 10.7 Å². The van der Waals surface area contributed by atoms with Crippen LogP contribution in [0.4, 0.5) is 27.9 Å². The topological polar surface area (TPSA) is 171 Å². The van der Waals surface area contributed by atoms with Gasteiger partial charge in [0.1, 0.15) is 6.07 Å². The Bertz CT molecular complexity index is 1530. The summed E-state index contributed by atoms with van der Waals surface area (Å²) < 4.78 is 1.44. The first kappa shape index (κ1) is 25.0. The summed E-state index contributed by atoms with van der Waals surface area (Å²) in [6.07, 6.45) is 2.52. The van der Waals surface area contributed by atoms with Gasteiger partial charge in [0.25, 0.3) is 0 Å². The Hall–Kier alpha value is -4.33. The highest BCUT2D eigenvalue weighted by atomic mass is 35.5. The van der Waals surface area contributed by atoms with Gasteiger partial charge in [0, 0.05) is 44.3 Å². The number of hydrogen-bond acceptors (Lipinski definition) is 10. The lowest BCUT2D eigenvalue weighted by atomic mass is 10.0. The molecule has 2 aromatic heterocycles. The third kappa shape index (κ3) is 4.82. The van der Waals surface area contributed by atoms with Crippen LogP contribution in [-0.2, 0) is 0 Å². The van der Waals surface area contributed by atoms with Gasteiger partial charge in [-0.2, -0.15) is 20.0 Å². The number of imidazole rings is 1. The predicted octanol–water partition coefficient (Wildman–Crippen LogP) is 2.62. The first-order valence-corrected chi connectivity index (χ1v) is 13.1. The summed E-state index contributed by atoms with van der Waals surface area (Å²) in [7, 11) is 0. The van der Waals surface area contributed by atoms with Crippen LogP contribution in [-0.4, -0.2) is 80.0 Å². The molecule has 1 saturated carbocycles. The molecule has 2 aliphatic heterocycles. The number of carbonyl (C=O) groups is 1. The van der Waals surface area contributed by atoms with Gasteiger partial charge in [-0.25, -0.2) is 9.78 Å². The van der Waals surface area contributed by atoms with Crippen LogP contribution in [0.5, 0.6) is 0 Å². The number of benzene rings is 1. The Balaban J connectivity index is 1.23. The molecule has 4 heterocycles. The number of carboxylic acid groups (broad SMARTS) is 1. The molecule has 4 N–H and O–H groups in total. The molecule has 2 atom stereocenters. The molecule has 6 rings (SSSR count). The zero-order valence-electron chi connectivity index (χ0n) is 21.1. The van der Waals surface area contributed by atoms with Crippen LogP contribution in [0.2, 0.25) is 5.02 Å². The fourth-order valence-corrected chi connectivity index (χ4v) is 5.45. The molecule has 39 heavy (non-hydrogen) atoms. The van der Waals surface area contributed by atoms with Crippen molar-refractivity contribution in [3.63, 3.8) is 0 Å². The quantitative estimate of drug-likeness (QED) is 0.342. The molecule has 0 radical (unpaired) electrons. The summed E-state index contributed by atoms with van der Waals surface area (Å²) in [5.41, 5.74) is 2.36. The molecular formula is C25H26ClN11O2. The molecule has 200 valence electrons. The van der Waals surface area contributed by atoms with Crippen molar-refractivity contribution in [3.05, 3.63) is 34.6 Å². The van der Waals surface area contributed by atoms with E-state index in [0.717, 1.165) is 25.1 Å². The molecule has 14 heteroatoms. The van der Waals surface area contributed by atoms with Crippen LogP contribution in [0, 0.1) is 28.6 Å². The molecule has 0 spiro atoms. The molecule has 13 nitrogen and oxygen atoms in total. The van der Waals surface area contributed by atoms with Crippen LogP contribution >= 0.6 is 11.6 Å². The van der Waals surface area contributed by atoms with Crippen LogP contribution in [0.3, 0.4) is 0 Å². The first-order valence-electron chi connectivity index (χ1n) is 12.7. The van der Waals surface area contributed by atoms with Gasteiger partial charge >= 0.3 is 6.09 Å². The maximum atomic E-state index is 11.1. The Morgan fingerprint density at radius 1 is 1.18 bits per heavy atom. The average molecular weight is 548 g/mol. The van der Waals surface area contributed by atoms with E-state index in [2.05, 4.69) is 59.9 Å². The summed E-state index contributed by atoms with van der Waals surface area (Å²) in [6, 6.07) is 8.18. The van der Waals surface area contributed by atoms with Gasteiger partial charge in [-0.15, -0.1) is 5.10 Å². The zero-order valence-corrected chi connectivity index (χ0v) is 21.9. The summed E-state index contributed by atoms with van der Waals surface area (Å²) in [5, 5.41) is 42.3. The lowest BCUT2D eigenvalue weighted by Gasteiger charge is -2.46. The minimum Gasteiger partial charge on any atom is -0.465 e. The number of likely N-dealkylation sites (tertiary alicyclic amines) is 1. The molecular weight excluding hydrogens is 522 g/mol. The van der Waals surface area contributed by atoms with E-state index in [1.54, 1.807) is 12.1 Å². The molecule has 1 aliphatic carbocycles. The summed E-state index contributed by atoms with van der Waals surface area (Å²) in [4.78, 5) is 24.4. The van der Waals surface area contributed by atoms with Gasteiger partial charge < -0.3 is 26.0 Å². The van der Waals surface area contributed by atoms with Crippen molar-refractivity contribution in [2.75, 3.05) is 41.7 Å². The van der Waals surface area contributed by atoms with Gasteiger partial charge in [0.15, 0.2) is 17.2 Å². The number of rotatable bonds is 7. The molecule has 1 amide bonds. The number of fused-ring (bicyclic) bond motifs is 1.